The molecule has 1 saturated heterocycles. The molecule has 3 N–H and O–H groups in total. The molecule has 1 aliphatic heterocycles. The minimum Gasteiger partial charge on any atom is -0.465 e. The molecule has 4 nitrogen and oxygen atoms in total. The van der Waals surface area contributed by atoms with Crippen molar-refractivity contribution in [3.05, 3.63) is 0 Å². The molecule has 12 heavy (non-hydrogen) atoms. The molecule has 1 spiro atoms. The van der Waals surface area contributed by atoms with Crippen molar-refractivity contribution in [3.63, 3.8) is 0 Å². The molecule has 70 valence electrons. The fourth-order valence-electron chi connectivity index (χ4n) is 1.96. The summed E-state index contributed by atoms with van der Waals surface area (Å²) in [7, 11) is 0. The molecule has 2 fully saturated rings. The number of hydrogen-bond donors (Lipinski definition) is 2. The summed E-state index contributed by atoms with van der Waals surface area (Å²) in [4.78, 5) is 11.8. The number of nitrogens with zero attached hydrogens (tertiary/aromatic N) is 1. The van der Waals surface area contributed by atoms with E-state index >= 15 is 0 Å². The van der Waals surface area contributed by atoms with Crippen molar-refractivity contribution in [3.8, 4) is 0 Å². The molecule has 1 unspecified atom stereocenters. The highest BCUT2D eigenvalue weighted by molar-refractivity contribution is 5.85. The van der Waals surface area contributed by atoms with E-state index in [-0.39, 0.29) is 23.9 Å². The minimum atomic E-state index is -0.810. The van der Waals surface area contributed by atoms with Crippen LogP contribution in [0.3, 0.4) is 0 Å². The maximum Gasteiger partial charge on any atom is 0.407 e. The van der Waals surface area contributed by atoms with Crippen molar-refractivity contribution >= 4 is 18.5 Å². The zero-order valence-corrected chi connectivity index (χ0v) is 7.51. The predicted molar refractivity (Wildman–Crippen MR) is 46.5 cm³/mol. The maximum absolute atomic E-state index is 10.4. The van der Waals surface area contributed by atoms with Crippen molar-refractivity contribution in [2.45, 2.75) is 18.9 Å². The van der Waals surface area contributed by atoms with Crippen LogP contribution in [-0.2, 0) is 0 Å². The van der Waals surface area contributed by atoms with Gasteiger partial charge in [0, 0.05) is 24.5 Å². The summed E-state index contributed by atoms with van der Waals surface area (Å²) in [5.74, 6) is 0. The van der Waals surface area contributed by atoms with Crippen LogP contribution in [0.2, 0.25) is 0 Å². The zero-order valence-electron chi connectivity index (χ0n) is 6.69. The Morgan fingerprint density at radius 3 is 2.42 bits per heavy atom. The molecule has 0 radical (unpaired) electrons. The lowest BCUT2D eigenvalue weighted by atomic mass is 9.60. The summed E-state index contributed by atoms with van der Waals surface area (Å²) >= 11 is 0. The van der Waals surface area contributed by atoms with Crippen LogP contribution >= 0.6 is 12.4 Å². The summed E-state index contributed by atoms with van der Waals surface area (Å²) in [5.41, 5.74) is 5.94. The fourth-order valence-corrected chi connectivity index (χ4v) is 1.96. The summed E-state index contributed by atoms with van der Waals surface area (Å²) < 4.78 is 0. The first kappa shape index (κ1) is 9.61. The van der Waals surface area contributed by atoms with Crippen LogP contribution in [0.4, 0.5) is 4.79 Å². The topological polar surface area (TPSA) is 66.6 Å². The van der Waals surface area contributed by atoms with E-state index in [0.717, 1.165) is 12.8 Å². The zero-order chi connectivity index (χ0) is 8.06. The first-order valence-corrected chi connectivity index (χ1v) is 3.87. The number of amides is 1. The number of likely N-dealkylation sites (tertiary alicyclic amines) is 1. The standard InChI is InChI=1S/C7H12N2O2.ClH/c8-5-1-2-7(5)3-9(4-7)6(10)11;/h5H,1-4,8H2,(H,10,11);1H. The van der Waals surface area contributed by atoms with Gasteiger partial charge in [0.25, 0.3) is 0 Å². The molecule has 0 bridgehead atoms. The van der Waals surface area contributed by atoms with Gasteiger partial charge in [-0.3, -0.25) is 0 Å². The van der Waals surface area contributed by atoms with Crippen LogP contribution < -0.4 is 5.73 Å². The summed E-state index contributed by atoms with van der Waals surface area (Å²) in [6, 6.07) is 0.248. The second kappa shape index (κ2) is 2.78. The Balaban J connectivity index is 0.000000720. The third kappa shape index (κ3) is 1.06. The molecule has 1 saturated carbocycles. The van der Waals surface area contributed by atoms with Crippen LogP contribution in [0.15, 0.2) is 0 Å². The monoisotopic (exact) mass is 192 g/mol. The minimum absolute atomic E-state index is 0. The summed E-state index contributed by atoms with van der Waals surface area (Å²) in [6.45, 7) is 1.31. The van der Waals surface area contributed by atoms with E-state index in [9.17, 15) is 4.79 Å². The van der Waals surface area contributed by atoms with Gasteiger partial charge >= 0.3 is 6.09 Å². The number of rotatable bonds is 0. The number of nitrogens with two attached hydrogens (primary N) is 1. The van der Waals surface area contributed by atoms with Gasteiger partial charge in [0.1, 0.15) is 0 Å². The molecule has 1 heterocycles. The van der Waals surface area contributed by atoms with Gasteiger partial charge in [-0.25, -0.2) is 4.79 Å². The second-order valence-electron chi connectivity index (χ2n) is 3.65. The molecule has 5 heteroatoms. The molecule has 1 atom stereocenters. The van der Waals surface area contributed by atoms with Crippen LogP contribution in [0.25, 0.3) is 0 Å². The third-order valence-corrected chi connectivity index (χ3v) is 3.02. The molecule has 1 aliphatic carbocycles. The molecular formula is C7H13ClN2O2. The molecular weight excluding hydrogens is 180 g/mol. The van der Waals surface area contributed by atoms with Crippen molar-refractivity contribution in [1.29, 1.82) is 0 Å². The van der Waals surface area contributed by atoms with Gasteiger partial charge in [0.2, 0.25) is 0 Å². The van der Waals surface area contributed by atoms with E-state index in [0.29, 0.717) is 13.1 Å². The lowest BCUT2D eigenvalue weighted by molar-refractivity contribution is -0.0627. The highest BCUT2D eigenvalue weighted by Gasteiger charge is 2.54. The Bertz CT molecular complexity index is 204. The fraction of sp³-hybridized carbons (Fsp3) is 0.857. The van der Waals surface area contributed by atoms with E-state index in [1.807, 2.05) is 0 Å². The largest absolute Gasteiger partial charge is 0.465 e. The van der Waals surface area contributed by atoms with E-state index in [1.54, 1.807) is 0 Å². The molecule has 0 aromatic rings. The number of hydrogen-bond acceptors (Lipinski definition) is 2. The van der Waals surface area contributed by atoms with E-state index in [1.165, 1.54) is 4.90 Å². The van der Waals surface area contributed by atoms with Gasteiger partial charge in [-0.15, -0.1) is 12.4 Å². The lowest BCUT2D eigenvalue weighted by Crippen LogP contribution is -2.70. The van der Waals surface area contributed by atoms with Gasteiger partial charge in [-0.1, -0.05) is 0 Å². The van der Waals surface area contributed by atoms with Crippen LogP contribution in [0.5, 0.6) is 0 Å². The van der Waals surface area contributed by atoms with E-state index in [2.05, 4.69) is 0 Å². The first-order chi connectivity index (χ1) is 5.14. The summed E-state index contributed by atoms with van der Waals surface area (Å²) in [6.07, 6.45) is 1.36. The Labute approximate surface area is 77.1 Å². The number of carboxylic acid groups (broad SMARTS) is 1. The molecule has 0 aromatic carbocycles. The van der Waals surface area contributed by atoms with Gasteiger partial charge in [-0.2, -0.15) is 0 Å². The maximum atomic E-state index is 10.4. The van der Waals surface area contributed by atoms with Crippen molar-refractivity contribution < 1.29 is 9.90 Å². The normalized spacial score (nSPS) is 30.1. The SMILES string of the molecule is Cl.NC1CCC12CN(C(=O)O)C2. The summed E-state index contributed by atoms with van der Waals surface area (Å²) in [5, 5.41) is 8.56. The Hall–Kier alpha value is -0.480. The number of halogens is 1. The highest BCUT2D eigenvalue weighted by Crippen LogP contribution is 2.47. The van der Waals surface area contributed by atoms with Gasteiger partial charge in [0.15, 0.2) is 0 Å². The van der Waals surface area contributed by atoms with E-state index in [4.69, 9.17) is 10.8 Å². The molecule has 2 aliphatic rings. The predicted octanol–water partition coefficient (Wildman–Crippen LogP) is 0.509. The van der Waals surface area contributed by atoms with Gasteiger partial charge in [-0.05, 0) is 12.8 Å². The second-order valence-corrected chi connectivity index (χ2v) is 3.65. The van der Waals surface area contributed by atoms with Gasteiger partial charge < -0.3 is 15.7 Å². The highest BCUT2D eigenvalue weighted by atomic mass is 35.5. The Kier molecular flexibility index (Phi) is 2.23. The van der Waals surface area contributed by atoms with Crippen LogP contribution in [-0.4, -0.2) is 35.2 Å². The van der Waals surface area contributed by atoms with Crippen LogP contribution in [0, 0.1) is 5.41 Å². The third-order valence-electron chi connectivity index (χ3n) is 3.02. The molecule has 2 rings (SSSR count). The van der Waals surface area contributed by atoms with E-state index < -0.39 is 6.09 Å². The Morgan fingerprint density at radius 1 is 1.58 bits per heavy atom. The average Bonchev–Trinajstić information content (AvgIpc) is 1.81. The Morgan fingerprint density at radius 2 is 2.17 bits per heavy atom. The van der Waals surface area contributed by atoms with Crippen molar-refractivity contribution in [2.24, 2.45) is 11.1 Å². The molecule has 1 amide bonds. The molecule has 0 aromatic heterocycles. The van der Waals surface area contributed by atoms with Crippen molar-refractivity contribution in [2.75, 3.05) is 13.1 Å². The quantitative estimate of drug-likeness (QED) is 0.588. The smallest absolute Gasteiger partial charge is 0.407 e. The van der Waals surface area contributed by atoms with Crippen molar-refractivity contribution in [1.82, 2.24) is 4.90 Å². The average molecular weight is 193 g/mol. The first-order valence-electron chi connectivity index (χ1n) is 3.87. The number of carbonyl (C=O) groups is 1. The van der Waals surface area contributed by atoms with Gasteiger partial charge in [0.05, 0.1) is 0 Å². The lowest BCUT2D eigenvalue weighted by Gasteiger charge is -2.58. The van der Waals surface area contributed by atoms with Crippen LogP contribution in [0.1, 0.15) is 12.8 Å².